The fourth-order valence-corrected chi connectivity index (χ4v) is 4.21. The van der Waals surface area contributed by atoms with Crippen molar-refractivity contribution in [3.05, 3.63) is 97.1 Å². The summed E-state index contributed by atoms with van der Waals surface area (Å²) in [5.74, 6) is 0.587. The molecule has 0 aromatic rings. The number of likely N-dealkylation sites (tertiary alicyclic amines) is 1. The van der Waals surface area contributed by atoms with Crippen molar-refractivity contribution in [1.29, 1.82) is 0 Å². The van der Waals surface area contributed by atoms with E-state index in [9.17, 15) is 4.79 Å². The summed E-state index contributed by atoms with van der Waals surface area (Å²) in [5, 5.41) is 3.79. The first-order valence-electron chi connectivity index (χ1n) is 12.6. The van der Waals surface area contributed by atoms with E-state index >= 15 is 0 Å². The second-order valence-corrected chi connectivity index (χ2v) is 9.02. The number of rotatable bonds is 12. The van der Waals surface area contributed by atoms with Crippen LogP contribution in [0.1, 0.15) is 40.0 Å². The van der Waals surface area contributed by atoms with Crippen LogP contribution >= 0.6 is 0 Å². The summed E-state index contributed by atoms with van der Waals surface area (Å²) < 4.78 is 0. The molecule has 1 fully saturated rings. The zero-order chi connectivity index (χ0) is 25.6. The van der Waals surface area contributed by atoms with Gasteiger partial charge in [-0.1, -0.05) is 50.5 Å². The quantitative estimate of drug-likeness (QED) is 0.171. The molecule has 1 amide bonds. The van der Waals surface area contributed by atoms with Gasteiger partial charge >= 0.3 is 0 Å². The normalized spacial score (nSPS) is 19.7. The molecule has 0 aromatic carbocycles. The highest BCUT2D eigenvalue weighted by molar-refractivity contribution is 5.93. The summed E-state index contributed by atoms with van der Waals surface area (Å²) in [7, 11) is 0. The number of nitrogens with zero attached hydrogens (tertiary/aromatic N) is 3. The molecule has 0 radical (unpaired) electrons. The van der Waals surface area contributed by atoms with Crippen LogP contribution in [0.5, 0.6) is 0 Å². The van der Waals surface area contributed by atoms with Crippen LogP contribution in [0.4, 0.5) is 0 Å². The molecule has 1 aliphatic heterocycles. The summed E-state index contributed by atoms with van der Waals surface area (Å²) in [6.45, 7) is 20.7. The maximum atomic E-state index is 13.0. The largest absolute Gasteiger partial charge is 0.381 e. The Labute approximate surface area is 212 Å². The number of nitrogens with one attached hydrogen (secondary N) is 1. The molecule has 1 aliphatic carbocycles. The number of piperidine rings is 1. The summed E-state index contributed by atoms with van der Waals surface area (Å²) in [6, 6.07) is 0.345. The molecular formula is C30H42N4O. The predicted octanol–water partition coefficient (Wildman–Crippen LogP) is 5.71. The molecule has 5 nitrogen and oxygen atoms in total. The van der Waals surface area contributed by atoms with Gasteiger partial charge in [-0.15, -0.1) is 6.58 Å². The van der Waals surface area contributed by atoms with Crippen LogP contribution in [0.2, 0.25) is 0 Å². The second-order valence-electron chi connectivity index (χ2n) is 9.02. The van der Waals surface area contributed by atoms with Gasteiger partial charge in [0.05, 0.1) is 17.9 Å². The number of carbonyl (C=O) groups is 1. The van der Waals surface area contributed by atoms with Crippen molar-refractivity contribution in [2.45, 2.75) is 46.1 Å². The minimum absolute atomic E-state index is 0.0798. The molecule has 0 saturated carbocycles. The molecule has 1 saturated heterocycles. The molecule has 0 aromatic heterocycles. The fourth-order valence-electron chi connectivity index (χ4n) is 4.21. The van der Waals surface area contributed by atoms with Crippen molar-refractivity contribution >= 4 is 12.1 Å². The molecular weight excluding hydrogens is 432 g/mol. The van der Waals surface area contributed by atoms with E-state index in [1.807, 2.05) is 36.1 Å². The monoisotopic (exact) mass is 474 g/mol. The average Bonchev–Trinajstić information content (AvgIpc) is 2.85. The molecule has 35 heavy (non-hydrogen) atoms. The van der Waals surface area contributed by atoms with E-state index < -0.39 is 0 Å². The molecule has 1 atom stereocenters. The van der Waals surface area contributed by atoms with Crippen LogP contribution in [-0.2, 0) is 4.79 Å². The Morgan fingerprint density at radius 3 is 2.69 bits per heavy atom. The molecule has 0 bridgehead atoms. The van der Waals surface area contributed by atoms with Crippen LogP contribution in [0, 0.1) is 5.92 Å². The molecule has 0 spiro atoms. The summed E-state index contributed by atoms with van der Waals surface area (Å²) in [4.78, 5) is 21.3. The molecule has 188 valence electrons. The van der Waals surface area contributed by atoms with E-state index in [2.05, 4.69) is 67.1 Å². The van der Waals surface area contributed by atoms with Crippen molar-refractivity contribution in [3.8, 4) is 0 Å². The van der Waals surface area contributed by atoms with Gasteiger partial charge < -0.3 is 15.1 Å². The molecule has 5 heteroatoms. The third-order valence-corrected chi connectivity index (χ3v) is 6.08. The average molecular weight is 475 g/mol. The van der Waals surface area contributed by atoms with Gasteiger partial charge in [0.25, 0.3) is 0 Å². The van der Waals surface area contributed by atoms with E-state index in [-0.39, 0.29) is 5.91 Å². The fraction of sp³-hybridized carbons (Fsp3) is 0.400. The van der Waals surface area contributed by atoms with Crippen molar-refractivity contribution < 1.29 is 4.79 Å². The van der Waals surface area contributed by atoms with E-state index in [1.54, 1.807) is 18.4 Å². The predicted molar refractivity (Wildman–Crippen MR) is 150 cm³/mol. The van der Waals surface area contributed by atoms with E-state index in [0.29, 0.717) is 24.1 Å². The van der Waals surface area contributed by atoms with Gasteiger partial charge in [-0.25, -0.2) is 0 Å². The molecule has 2 rings (SSSR count). The van der Waals surface area contributed by atoms with E-state index in [4.69, 9.17) is 0 Å². The van der Waals surface area contributed by atoms with Crippen LogP contribution in [0.25, 0.3) is 0 Å². The number of carbonyl (C=O) groups excluding carboxylic acids is 1. The van der Waals surface area contributed by atoms with Gasteiger partial charge in [0.15, 0.2) is 0 Å². The Kier molecular flexibility index (Phi) is 11.8. The smallest absolute Gasteiger partial charge is 0.249 e. The van der Waals surface area contributed by atoms with E-state index in [0.717, 1.165) is 44.5 Å². The Balaban J connectivity index is 1.94. The first-order valence-corrected chi connectivity index (χ1v) is 12.6. The number of hydrogen-bond acceptors (Lipinski definition) is 4. The lowest BCUT2D eigenvalue weighted by molar-refractivity contribution is -0.128. The van der Waals surface area contributed by atoms with Gasteiger partial charge in [0.1, 0.15) is 0 Å². The first-order chi connectivity index (χ1) is 16.9. The molecule has 2 aliphatic rings. The number of amides is 1. The number of aliphatic imine (C=N–C) groups is 1. The number of allylic oxidation sites excluding steroid dienone is 8. The third-order valence-electron chi connectivity index (χ3n) is 6.08. The van der Waals surface area contributed by atoms with Gasteiger partial charge in [0.2, 0.25) is 5.91 Å². The Bertz CT molecular complexity index is 939. The molecule has 1 heterocycles. The minimum Gasteiger partial charge on any atom is -0.381 e. The topological polar surface area (TPSA) is 47.9 Å². The maximum Gasteiger partial charge on any atom is 0.249 e. The SMILES string of the molecule is C=C/C=C\N(CC)C1=CCC(C)C=C1NC1CCN(C(=O)/C(C)=C/C(=C)/C=C\C=NCC=C)CC1. The van der Waals surface area contributed by atoms with Crippen molar-refractivity contribution in [1.82, 2.24) is 15.1 Å². The maximum absolute atomic E-state index is 13.0. The zero-order valence-electron chi connectivity index (χ0n) is 21.7. The zero-order valence-corrected chi connectivity index (χ0v) is 21.7. The summed E-state index contributed by atoms with van der Waals surface area (Å²) in [6.07, 6.45) is 22.4. The lowest BCUT2D eigenvalue weighted by atomic mass is 9.96. The Hall–Kier alpha value is -3.34. The highest BCUT2D eigenvalue weighted by Gasteiger charge is 2.26. The summed E-state index contributed by atoms with van der Waals surface area (Å²) in [5.41, 5.74) is 3.90. The third kappa shape index (κ3) is 9.08. The lowest BCUT2D eigenvalue weighted by Gasteiger charge is -2.36. The number of hydrogen-bond donors (Lipinski definition) is 1. The van der Waals surface area contributed by atoms with Crippen molar-refractivity contribution in [2.24, 2.45) is 10.9 Å². The highest BCUT2D eigenvalue weighted by Crippen LogP contribution is 2.26. The summed E-state index contributed by atoms with van der Waals surface area (Å²) >= 11 is 0. The minimum atomic E-state index is 0.0798. The first kappa shape index (κ1) is 27.9. The Morgan fingerprint density at radius 2 is 2.03 bits per heavy atom. The van der Waals surface area contributed by atoms with Gasteiger partial charge in [-0.05, 0) is 62.8 Å². The Morgan fingerprint density at radius 1 is 1.29 bits per heavy atom. The standard InChI is InChI=1S/C30H42N4O/c1-7-10-19-33(9-3)29-14-13-25(5)23-28(29)32-27-15-20-34(21-16-27)30(35)26(6)22-24(4)12-11-18-31-17-8-2/h7-8,10-12,14,18-19,22-23,25,27,32H,1-2,4,9,13,15-17,20-21H2,3,5-6H3/b12-11-,19-10-,26-22+,31-18?. The van der Waals surface area contributed by atoms with Crippen LogP contribution in [0.3, 0.4) is 0 Å². The van der Waals surface area contributed by atoms with Crippen molar-refractivity contribution in [3.63, 3.8) is 0 Å². The van der Waals surface area contributed by atoms with Crippen LogP contribution in [-0.4, -0.2) is 54.1 Å². The van der Waals surface area contributed by atoms with Crippen molar-refractivity contribution in [2.75, 3.05) is 26.2 Å². The van der Waals surface area contributed by atoms with Crippen LogP contribution < -0.4 is 5.32 Å². The highest BCUT2D eigenvalue weighted by atomic mass is 16.2. The van der Waals surface area contributed by atoms with Crippen LogP contribution in [0.15, 0.2) is 102 Å². The number of likely N-dealkylation sites (N-methyl/N-ethyl adjacent to an activating group) is 1. The lowest BCUT2D eigenvalue weighted by Crippen LogP contribution is -2.45. The van der Waals surface area contributed by atoms with E-state index in [1.165, 1.54) is 11.4 Å². The van der Waals surface area contributed by atoms with Gasteiger partial charge in [0, 0.05) is 43.7 Å². The second kappa shape index (κ2) is 14.8. The molecule has 1 N–H and O–H groups in total. The van der Waals surface area contributed by atoms with Gasteiger partial charge in [-0.3, -0.25) is 9.79 Å². The molecule has 1 unspecified atom stereocenters. The van der Waals surface area contributed by atoms with Gasteiger partial charge in [-0.2, -0.15) is 0 Å².